The number of benzene rings is 1. The average molecular weight is 515 g/mol. The lowest BCUT2D eigenvalue weighted by atomic mass is 10.3. The van der Waals surface area contributed by atoms with Crippen LogP contribution >= 0.6 is 24.0 Å². The highest BCUT2D eigenvalue weighted by atomic mass is 127. The predicted octanol–water partition coefficient (Wildman–Crippen LogP) is 1.21. The highest BCUT2D eigenvalue weighted by molar-refractivity contribution is 14.0. The zero-order valence-corrected chi connectivity index (χ0v) is 18.7. The van der Waals surface area contributed by atoms with E-state index >= 15 is 0 Å². The lowest BCUT2D eigenvalue weighted by Gasteiger charge is -2.15. The first-order valence-electron chi connectivity index (χ1n) is 8.35. The Morgan fingerprint density at radius 2 is 1.96 bits per heavy atom. The molecule has 0 aliphatic carbocycles. The molecule has 1 heterocycles. The molecule has 1 fully saturated rings. The highest BCUT2D eigenvalue weighted by Crippen LogP contribution is 2.12. The van der Waals surface area contributed by atoms with E-state index < -0.39 is 19.7 Å². The summed E-state index contributed by atoms with van der Waals surface area (Å²) in [6, 6.07) is 8.22. The minimum absolute atomic E-state index is 0. The van der Waals surface area contributed by atoms with Gasteiger partial charge in [-0.1, -0.05) is 18.2 Å². The number of aliphatic imine (C=N–C) groups is 1. The fraction of sp³-hybridized carbons (Fsp3) is 0.562. The fourth-order valence-corrected chi connectivity index (χ4v) is 5.60. The Kier molecular flexibility index (Phi) is 9.31. The predicted molar refractivity (Wildman–Crippen MR) is 115 cm³/mol. The number of halogens is 1. The zero-order valence-electron chi connectivity index (χ0n) is 14.7. The largest absolute Gasteiger partial charge is 0.357 e. The van der Waals surface area contributed by atoms with E-state index in [-0.39, 0.29) is 47.3 Å². The number of hydrogen-bond donors (Lipinski definition) is 2. The van der Waals surface area contributed by atoms with Crippen LogP contribution in [-0.4, -0.2) is 59.2 Å². The van der Waals surface area contributed by atoms with Gasteiger partial charge in [-0.05, 0) is 31.9 Å². The molecule has 1 aromatic rings. The summed E-state index contributed by atoms with van der Waals surface area (Å²) in [5, 5.41) is 6.17. The molecule has 7 nitrogen and oxygen atoms in total. The number of sulfone groups is 2. The molecule has 1 saturated heterocycles. The van der Waals surface area contributed by atoms with Crippen molar-refractivity contribution in [2.45, 2.75) is 30.7 Å². The third kappa shape index (κ3) is 7.39. The standard InChI is InChI=1S/C16H25N3O4S2.HI/c1-2-17-16(19-14-9-12-24(20,21)13-14)18-10-6-11-25(22,23)15-7-4-3-5-8-15;/h3-5,7-8,14H,2,6,9-13H2,1H3,(H2,17,18,19);1H. The summed E-state index contributed by atoms with van der Waals surface area (Å²) in [4.78, 5) is 4.68. The van der Waals surface area contributed by atoms with Gasteiger partial charge in [0.2, 0.25) is 0 Å². The maximum atomic E-state index is 12.2. The van der Waals surface area contributed by atoms with Crippen molar-refractivity contribution in [1.29, 1.82) is 0 Å². The smallest absolute Gasteiger partial charge is 0.191 e. The van der Waals surface area contributed by atoms with Crippen molar-refractivity contribution >= 4 is 49.6 Å². The zero-order chi connectivity index (χ0) is 18.3. The summed E-state index contributed by atoms with van der Waals surface area (Å²) in [6.45, 7) is 2.91. The minimum Gasteiger partial charge on any atom is -0.357 e. The van der Waals surface area contributed by atoms with Gasteiger partial charge in [-0.15, -0.1) is 24.0 Å². The first-order chi connectivity index (χ1) is 11.8. The molecule has 2 rings (SSSR count). The molecule has 1 aromatic carbocycles. The first-order valence-corrected chi connectivity index (χ1v) is 11.8. The lowest BCUT2D eigenvalue weighted by Crippen LogP contribution is -2.44. The van der Waals surface area contributed by atoms with Crippen LogP contribution in [0.2, 0.25) is 0 Å². The van der Waals surface area contributed by atoms with Gasteiger partial charge in [0.15, 0.2) is 25.6 Å². The van der Waals surface area contributed by atoms with Crippen LogP contribution in [-0.2, 0) is 19.7 Å². The van der Waals surface area contributed by atoms with Crippen LogP contribution in [0.4, 0.5) is 0 Å². The fourth-order valence-electron chi connectivity index (χ4n) is 2.61. The summed E-state index contributed by atoms with van der Waals surface area (Å²) in [7, 11) is -6.25. The van der Waals surface area contributed by atoms with Crippen molar-refractivity contribution in [3.05, 3.63) is 30.3 Å². The molecule has 1 aliphatic heterocycles. The van der Waals surface area contributed by atoms with Crippen molar-refractivity contribution in [2.24, 2.45) is 4.99 Å². The molecular weight excluding hydrogens is 489 g/mol. The Morgan fingerprint density at radius 3 is 2.54 bits per heavy atom. The summed E-state index contributed by atoms with van der Waals surface area (Å²) < 4.78 is 47.5. The van der Waals surface area contributed by atoms with E-state index in [4.69, 9.17) is 0 Å². The Hall–Kier alpha value is -0.880. The molecule has 10 heteroatoms. The van der Waals surface area contributed by atoms with Crippen molar-refractivity contribution in [1.82, 2.24) is 10.6 Å². The van der Waals surface area contributed by atoms with Crippen LogP contribution in [0.1, 0.15) is 19.8 Å². The van der Waals surface area contributed by atoms with E-state index in [2.05, 4.69) is 15.6 Å². The van der Waals surface area contributed by atoms with Crippen molar-refractivity contribution in [3.8, 4) is 0 Å². The van der Waals surface area contributed by atoms with Crippen LogP contribution in [0.25, 0.3) is 0 Å². The molecular formula is C16H26IN3O4S2. The maximum absolute atomic E-state index is 12.2. The minimum atomic E-state index is -3.30. The lowest BCUT2D eigenvalue weighted by molar-refractivity contribution is 0.592. The van der Waals surface area contributed by atoms with Crippen molar-refractivity contribution < 1.29 is 16.8 Å². The third-order valence-electron chi connectivity index (χ3n) is 3.86. The normalized spacial score (nSPS) is 19.6. The van der Waals surface area contributed by atoms with E-state index in [1.54, 1.807) is 30.3 Å². The van der Waals surface area contributed by atoms with Gasteiger partial charge < -0.3 is 10.6 Å². The van der Waals surface area contributed by atoms with Gasteiger partial charge in [-0.25, -0.2) is 16.8 Å². The summed E-state index contributed by atoms with van der Waals surface area (Å²) in [5.74, 6) is 0.860. The van der Waals surface area contributed by atoms with Crippen LogP contribution in [0.5, 0.6) is 0 Å². The first kappa shape index (κ1) is 23.2. The highest BCUT2D eigenvalue weighted by Gasteiger charge is 2.28. The van der Waals surface area contributed by atoms with E-state index in [0.29, 0.717) is 36.8 Å². The topological polar surface area (TPSA) is 105 Å². The summed E-state index contributed by atoms with van der Waals surface area (Å²) in [6.07, 6.45) is 0.964. The Morgan fingerprint density at radius 1 is 1.27 bits per heavy atom. The second-order valence-electron chi connectivity index (χ2n) is 5.99. The molecule has 2 N–H and O–H groups in total. The molecule has 148 valence electrons. The number of guanidine groups is 1. The monoisotopic (exact) mass is 515 g/mol. The SMILES string of the molecule is CCNC(=NCCCS(=O)(=O)c1ccccc1)NC1CCS(=O)(=O)C1.I. The molecule has 0 amide bonds. The van der Waals surface area contributed by atoms with Gasteiger partial charge in [-0.2, -0.15) is 0 Å². The molecule has 1 atom stereocenters. The molecule has 1 unspecified atom stereocenters. The third-order valence-corrected chi connectivity index (χ3v) is 7.45. The van der Waals surface area contributed by atoms with Crippen LogP contribution < -0.4 is 10.6 Å². The Balaban J connectivity index is 0.00000338. The van der Waals surface area contributed by atoms with Gasteiger partial charge >= 0.3 is 0 Å². The number of hydrogen-bond acceptors (Lipinski definition) is 5. The quantitative estimate of drug-likeness (QED) is 0.245. The van der Waals surface area contributed by atoms with Crippen molar-refractivity contribution in [3.63, 3.8) is 0 Å². The van der Waals surface area contributed by atoms with Crippen molar-refractivity contribution in [2.75, 3.05) is 30.3 Å². The molecule has 0 bridgehead atoms. The molecule has 0 saturated carbocycles. The molecule has 0 radical (unpaired) electrons. The van der Waals surface area contributed by atoms with E-state index in [0.717, 1.165) is 0 Å². The molecule has 0 spiro atoms. The van der Waals surface area contributed by atoms with Gasteiger partial charge in [0, 0.05) is 19.1 Å². The van der Waals surface area contributed by atoms with Crippen LogP contribution in [0.3, 0.4) is 0 Å². The van der Waals surface area contributed by atoms with E-state index in [1.807, 2.05) is 6.92 Å². The van der Waals surface area contributed by atoms with E-state index in [9.17, 15) is 16.8 Å². The van der Waals surface area contributed by atoms with Crippen LogP contribution in [0, 0.1) is 0 Å². The van der Waals surface area contributed by atoms with Gasteiger partial charge in [0.25, 0.3) is 0 Å². The summed E-state index contributed by atoms with van der Waals surface area (Å²) in [5.41, 5.74) is 0. The second kappa shape index (κ2) is 10.5. The molecule has 26 heavy (non-hydrogen) atoms. The number of nitrogens with one attached hydrogen (secondary N) is 2. The Bertz CT molecular complexity index is 796. The van der Waals surface area contributed by atoms with E-state index in [1.165, 1.54) is 0 Å². The summed E-state index contributed by atoms with van der Waals surface area (Å²) >= 11 is 0. The number of rotatable bonds is 7. The van der Waals surface area contributed by atoms with Crippen LogP contribution in [0.15, 0.2) is 40.2 Å². The molecule has 1 aliphatic rings. The van der Waals surface area contributed by atoms with Gasteiger partial charge in [0.05, 0.1) is 22.2 Å². The number of nitrogens with zero attached hydrogens (tertiary/aromatic N) is 1. The molecule has 0 aromatic heterocycles. The average Bonchev–Trinajstić information content (AvgIpc) is 2.91. The van der Waals surface area contributed by atoms with Gasteiger partial charge in [0.1, 0.15) is 0 Å². The Labute approximate surface area is 172 Å². The maximum Gasteiger partial charge on any atom is 0.191 e. The second-order valence-corrected chi connectivity index (χ2v) is 10.3. The van der Waals surface area contributed by atoms with Gasteiger partial charge in [-0.3, -0.25) is 4.99 Å².